The summed E-state index contributed by atoms with van der Waals surface area (Å²) in [4.78, 5) is 22.3. The van der Waals surface area contributed by atoms with Crippen molar-refractivity contribution in [2.75, 3.05) is 6.61 Å². The summed E-state index contributed by atoms with van der Waals surface area (Å²) in [6.07, 6.45) is 0.497. The van der Waals surface area contributed by atoms with E-state index >= 15 is 0 Å². The fourth-order valence-corrected chi connectivity index (χ4v) is 2.59. The first-order valence-corrected chi connectivity index (χ1v) is 7.11. The second-order valence-electron chi connectivity index (χ2n) is 4.44. The lowest BCUT2D eigenvalue weighted by molar-refractivity contribution is -0.380. The highest BCUT2D eigenvalue weighted by Crippen LogP contribution is 2.23. The van der Waals surface area contributed by atoms with Gasteiger partial charge in [0.05, 0.1) is 22.4 Å². The van der Waals surface area contributed by atoms with Gasteiger partial charge in [-0.15, -0.1) is 0 Å². The molecule has 1 heterocycles. The molecule has 0 saturated carbocycles. The summed E-state index contributed by atoms with van der Waals surface area (Å²) in [6, 6.07) is 11.7. The van der Waals surface area contributed by atoms with Crippen LogP contribution in [0.1, 0.15) is 15.2 Å². The molecule has 21 heavy (non-hydrogen) atoms. The van der Waals surface area contributed by atoms with Crippen molar-refractivity contribution in [3.8, 4) is 0 Å². The molecule has 110 valence electrons. The highest BCUT2D eigenvalue weighted by atomic mass is 32.1. The number of nitro groups is 1. The van der Waals surface area contributed by atoms with Crippen molar-refractivity contribution < 1.29 is 14.8 Å². The molecule has 2 rings (SSSR count). The van der Waals surface area contributed by atoms with E-state index in [1.165, 1.54) is 12.1 Å². The van der Waals surface area contributed by atoms with Gasteiger partial charge in [0.25, 0.3) is 5.91 Å². The minimum Gasteiger partial charge on any atom is -0.394 e. The van der Waals surface area contributed by atoms with Crippen LogP contribution in [0.15, 0.2) is 42.5 Å². The van der Waals surface area contributed by atoms with Crippen LogP contribution in [0.3, 0.4) is 0 Å². The van der Waals surface area contributed by atoms with Crippen LogP contribution in [-0.2, 0) is 6.42 Å². The molecule has 1 aromatic heterocycles. The fourth-order valence-electron chi connectivity index (χ4n) is 1.86. The molecule has 0 aliphatic rings. The summed E-state index contributed by atoms with van der Waals surface area (Å²) in [5.41, 5.74) is 0.994. The monoisotopic (exact) mass is 306 g/mol. The number of aliphatic hydroxyl groups excluding tert-OH is 1. The number of amides is 1. The van der Waals surface area contributed by atoms with E-state index in [0.29, 0.717) is 6.42 Å². The molecule has 0 unspecified atom stereocenters. The quantitative estimate of drug-likeness (QED) is 0.630. The second-order valence-corrected chi connectivity index (χ2v) is 5.50. The van der Waals surface area contributed by atoms with Crippen LogP contribution in [0.5, 0.6) is 0 Å². The van der Waals surface area contributed by atoms with Crippen LogP contribution in [0, 0.1) is 10.1 Å². The SMILES string of the molecule is O=C(N[C@@H](CO)Cc1ccccc1)c1ccc([N+](=O)[O-])s1. The second kappa shape index (κ2) is 6.96. The van der Waals surface area contributed by atoms with Gasteiger partial charge in [0.1, 0.15) is 0 Å². The summed E-state index contributed by atoms with van der Waals surface area (Å²) in [7, 11) is 0. The van der Waals surface area contributed by atoms with Crippen molar-refractivity contribution in [2.45, 2.75) is 12.5 Å². The number of thiophene rings is 1. The van der Waals surface area contributed by atoms with Crippen molar-refractivity contribution >= 4 is 22.2 Å². The maximum atomic E-state index is 12.0. The van der Waals surface area contributed by atoms with Crippen LogP contribution in [-0.4, -0.2) is 28.6 Å². The van der Waals surface area contributed by atoms with Crippen LogP contribution < -0.4 is 5.32 Å². The van der Waals surface area contributed by atoms with Crippen LogP contribution in [0.4, 0.5) is 5.00 Å². The first kappa shape index (κ1) is 15.1. The fraction of sp³-hybridized carbons (Fsp3) is 0.214. The van der Waals surface area contributed by atoms with Crippen molar-refractivity contribution in [1.82, 2.24) is 5.32 Å². The molecule has 2 N–H and O–H groups in total. The van der Waals surface area contributed by atoms with Gasteiger partial charge in [-0.25, -0.2) is 0 Å². The molecule has 0 bridgehead atoms. The van der Waals surface area contributed by atoms with Gasteiger partial charge < -0.3 is 10.4 Å². The third kappa shape index (κ3) is 4.11. The number of hydrogen-bond donors (Lipinski definition) is 2. The molecule has 0 saturated heterocycles. The third-order valence-electron chi connectivity index (χ3n) is 2.88. The average molecular weight is 306 g/mol. The number of benzene rings is 1. The van der Waals surface area contributed by atoms with Crippen molar-refractivity contribution in [3.63, 3.8) is 0 Å². The predicted molar refractivity (Wildman–Crippen MR) is 79.5 cm³/mol. The number of aliphatic hydroxyl groups is 1. The zero-order valence-corrected chi connectivity index (χ0v) is 11.9. The van der Waals surface area contributed by atoms with Gasteiger partial charge in [0, 0.05) is 6.07 Å². The Morgan fingerprint density at radius 3 is 2.57 bits per heavy atom. The van der Waals surface area contributed by atoms with Crippen molar-refractivity contribution in [2.24, 2.45) is 0 Å². The Hall–Kier alpha value is -2.25. The highest BCUT2D eigenvalue weighted by molar-refractivity contribution is 7.17. The summed E-state index contributed by atoms with van der Waals surface area (Å²) in [6.45, 7) is -0.200. The number of nitrogens with zero attached hydrogens (tertiary/aromatic N) is 1. The lowest BCUT2D eigenvalue weighted by atomic mass is 10.1. The standard InChI is InChI=1S/C14H14N2O4S/c17-9-11(8-10-4-2-1-3-5-10)15-14(18)12-6-7-13(21-12)16(19)20/h1-7,11,17H,8-9H2,(H,15,18)/t11-/m1/s1. The van der Waals surface area contributed by atoms with Gasteiger partial charge in [0.2, 0.25) is 0 Å². The molecule has 6 nitrogen and oxygen atoms in total. The Bertz CT molecular complexity index is 627. The van der Waals surface area contributed by atoms with Crippen molar-refractivity contribution in [3.05, 3.63) is 63.0 Å². The van der Waals surface area contributed by atoms with Crippen LogP contribution >= 0.6 is 11.3 Å². The molecule has 1 atom stereocenters. The van der Waals surface area contributed by atoms with E-state index in [2.05, 4.69) is 5.32 Å². The summed E-state index contributed by atoms with van der Waals surface area (Å²) in [5, 5.41) is 22.6. The number of nitrogens with one attached hydrogen (secondary N) is 1. The maximum Gasteiger partial charge on any atom is 0.324 e. The molecule has 7 heteroatoms. The predicted octanol–water partition coefficient (Wildman–Crippen LogP) is 1.99. The maximum absolute atomic E-state index is 12.0. The first-order chi connectivity index (χ1) is 10.1. The average Bonchev–Trinajstić information content (AvgIpc) is 2.97. The van der Waals surface area contributed by atoms with E-state index in [-0.39, 0.29) is 16.5 Å². The summed E-state index contributed by atoms with van der Waals surface area (Å²) >= 11 is 0.815. The molecular weight excluding hydrogens is 292 g/mol. The van der Waals surface area contributed by atoms with Gasteiger partial charge >= 0.3 is 5.00 Å². The zero-order chi connectivity index (χ0) is 15.2. The highest BCUT2D eigenvalue weighted by Gasteiger charge is 2.18. The van der Waals surface area contributed by atoms with Gasteiger partial charge in [0.15, 0.2) is 0 Å². The zero-order valence-electron chi connectivity index (χ0n) is 11.1. The van der Waals surface area contributed by atoms with Gasteiger partial charge in [-0.1, -0.05) is 41.7 Å². The normalized spacial score (nSPS) is 11.9. The van der Waals surface area contributed by atoms with E-state index in [1.54, 1.807) is 0 Å². The first-order valence-electron chi connectivity index (χ1n) is 6.30. The van der Waals surface area contributed by atoms with Gasteiger partial charge in [-0.3, -0.25) is 14.9 Å². The molecule has 0 fully saturated rings. The van der Waals surface area contributed by atoms with Gasteiger partial charge in [-0.2, -0.15) is 0 Å². The molecule has 0 radical (unpaired) electrons. The number of carbonyl (C=O) groups excluding carboxylic acids is 1. The van der Waals surface area contributed by atoms with E-state index in [4.69, 9.17) is 0 Å². The van der Waals surface area contributed by atoms with E-state index in [1.807, 2.05) is 30.3 Å². The lowest BCUT2D eigenvalue weighted by Crippen LogP contribution is -2.38. The number of hydrogen-bond acceptors (Lipinski definition) is 5. The summed E-state index contributed by atoms with van der Waals surface area (Å²) < 4.78 is 0. The Morgan fingerprint density at radius 2 is 2.00 bits per heavy atom. The Morgan fingerprint density at radius 1 is 1.29 bits per heavy atom. The molecule has 0 aliphatic heterocycles. The Balaban J connectivity index is 2.00. The van der Waals surface area contributed by atoms with Crippen molar-refractivity contribution in [1.29, 1.82) is 0 Å². The molecule has 2 aromatic rings. The number of carbonyl (C=O) groups is 1. The van der Waals surface area contributed by atoms with Crippen LogP contribution in [0.2, 0.25) is 0 Å². The minimum atomic E-state index is -0.533. The third-order valence-corrected chi connectivity index (χ3v) is 3.91. The van der Waals surface area contributed by atoms with Crippen LogP contribution in [0.25, 0.3) is 0 Å². The lowest BCUT2D eigenvalue weighted by Gasteiger charge is -2.15. The van der Waals surface area contributed by atoms with E-state index in [9.17, 15) is 20.0 Å². The molecule has 1 amide bonds. The molecular formula is C14H14N2O4S. The Kier molecular flexibility index (Phi) is 5.02. The smallest absolute Gasteiger partial charge is 0.324 e. The molecule has 1 aromatic carbocycles. The van der Waals surface area contributed by atoms with E-state index < -0.39 is 16.9 Å². The molecule has 0 aliphatic carbocycles. The summed E-state index contributed by atoms with van der Waals surface area (Å²) in [5.74, 6) is -0.414. The topological polar surface area (TPSA) is 92.5 Å². The largest absolute Gasteiger partial charge is 0.394 e. The van der Waals surface area contributed by atoms with E-state index in [0.717, 1.165) is 16.9 Å². The molecule has 0 spiro atoms. The number of rotatable bonds is 6. The van der Waals surface area contributed by atoms with Gasteiger partial charge in [-0.05, 0) is 18.1 Å². The Labute approximate surface area is 125 Å². The minimum absolute atomic E-state index is 0.0799.